The minimum absolute atomic E-state index is 0.0210. The molecule has 0 N–H and O–H groups in total. The van der Waals surface area contributed by atoms with Crippen molar-refractivity contribution in [3.8, 4) is 0 Å². The number of benzene rings is 1. The fourth-order valence-corrected chi connectivity index (χ4v) is 2.99. The van der Waals surface area contributed by atoms with Gasteiger partial charge >= 0.3 is 6.92 Å². The fourth-order valence-electron chi connectivity index (χ4n) is 1.85. The van der Waals surface area contributed by atoms with Gasteiger partial charge in [0.25, 0.3) is 0 Å². The summed E-state index contributed by atoms with van der Waals surface area (Å²) < 4.78 is 30.8. The van der Waals surface area contributed by atoms with E-state index < -0.39 is 10.0 Å². The molecule has 0 saturated carbocycles. The first-order valence-electron chi connectivity index (χ1n) is 5.10. The van der Waals surface area contributed by atoms with Gasteiger partial charge in [-0.25, -0.2) is 12.7 Å². The van der Waals surface area contributed by atoms with Gasteiger partial charge in [0.1, 0.15) is 0 Å². The molecule has 6 heteroatoms. The van der Waals surface area contributed by atoms with E-state index in [4.69, 9.17) is 4.65 Å². The van der Waals surface area contributed by atoms with E-state index in [1.54, 1.807) is 12.1 Å². The first kappa shape index (κ1) is 11.6. The maximum atomic E-state index is 12.1. The highest BCUT2D eigenvalue weighted by Gasteiger charge is 2.30. The molecule has 0 saturated heterocycles. The lowest BCUT2D eigenvalue weighted by Crippen LogP contribution is -2.28. The molecule has 16 heavy (non-hydrogen) atoms. The Morgan fingerprint density at radius 2 is 2.06 bits per heavy atom. The third-order valence-electron chi connectivity index (χ3n) is 2.84. The Bertz CT molecular complexity index is 513. The standard InChI is InChI=1S/C10H14BNO3S/c1-11-9-5-4-6-10(8(9)7-15-11)16(13,14)12(2)3/h4-6H,7H2,1-3H3. The SMILES string of the molecule is CB1OCc2c1cccc2S(=O)(=O)N(C)C. The summed E-state index contributed by atoms with van der Waals surface area (Å²) in [5.74, 6) is 0. The van der Waals surface area contributed by atoms with Crippen LogP contribution in [0.1, 0.15) is 5.56 Å². The summed E-state index contributed by atoms with van der Waals surface area (Å²) in [5, 5.41) is 0. The second kappa shape index (κ2) is 3.87. The van der Waals surface area contributed by atoms with Crippen molar-refractivity contribution in [1.29, 1.82) is 0 Å². The molecule has 4 nitrogen and oxygen atoms in total. The van der Waals surface area contributed by atoms with Gasteiger partial charge in [-0.2, -0.15) is 0 Å². The fraction of sp³-hybridized carbons (Fsp3) is 0.400. The van der Waals surface area contributed by atoms with E-state index in [9.17, 15) is 8.42 Å². The molecular formula is C10H14BNO3S. The van der Waals surface area contributed by atoms with E-state index in [0.29, 0.717) is 11.5 Å². The maximum absolute atomic E-state index is 12.1. The molecule has 0 amide bonds. The van der Waals surface area contributed by atoms with Crippen molar-refractivity contribution in [2.45, 2.75) is 18.3 Å². The average molecular weight is 239 g/mol. The van der Waals surface area contributed by atoms with Crippen LogP contribution in [0.4, 0.5) is 0 Å². The Labute approximate surface area is 96.4 Å². The maximum Gasteiger partial charge on any atom is 0.324 e. The third kappa shape index (κ3) is 1.67. The molecule has 1 aromatic carbocycles. The van der Waals surface area contributed by atoms with Gasteiger partial charge in [0.05, 0.1) is 11.5 Å². The van der Waals surface area contributed by atoms with Gasteiger partial charge in [0, 0.05) is 14.1 Å². The molecule has 2 rings (SSSR count). The number of nitrogens with zero attached hydrogens (tertiary/aromatic N) is 1. The Hall–Kier alpha value is -0.845. The van der Waals surface area contributed by atoms with Crippen molar-refractivity contribution in [3.05, 3.63) is 23.8 Å². The molecule has 0 unspecified atom stereocenters. The van der Waals surface area contributed by atoms with Crippen LogP contribution in [-0.4, -0.2) is 33.7 Å². The molecule has 0 radical (unpaired) electrons. The van der Waals surface area contributed by atoms with Gasteiger partial charge in [0.15, 0.2) is 0 Å². The average Bonchev–Trinajstić information content (AvgIpc) is 2.60. The molecule has 0 spiro atoms. The Morgan fingerprint density at radius 1 is 1.38 bits per heavy atom. The molecule has 0 fully saturated rings. The van der Waals surface area contributed by atoms with Crippen LogP contribution >= 0.6 is 0 Å². The van der Waals surface area contributed by atoms with E-state index in [1.165, 1.54) is 18.4 Å². The highest BCUT2D eigenvalue weighted by molar-refractivity contribution is 7.89. The number of hydrogen-bond donors (Lipinski definition) is 0. The van der Waals surface area contributed by atoms with E-state index in [1.807, 2.05) is 12.9 Å². The summed E-state index contributed by atoms with van der Waals surface area (Å²) in [7, 11) is -0.301. The zero-order chi connectivity index (χ0) is 11.9. The topological polar surface area (TPSA) is 46.6 Å². The van der Waals surface area contributed by atoms with Crippen molar-refractivity contribution >= 4 is 22.4 Å². The third-order valence-corrected chi connectivity index (χ3v) is 4.74. The lowest BCUT2D eigenvalue weighted by Gasteiger charge is -2.14. The van der Waals surface area contributed by atoms with Gasteiger partial charge < -0.3 is 4.65 Å². The monoisotopic (exact) mass is 239 g/mol. The smallest absolute Gasteiger partial charge is 0.324 e. The van der Waals surface area contributed by atoms with Crippen molar-refractivity contribution in [3.63, 3.8) is 0 Å². The molecule has 0 aliphatic carbocycles. The predicted octanol–water partition coefficient (Wildman–Crippen LogP) is 0.295. The molecule has 1 heterocycles. The van der Waals surface area contributed by atoms with Crippen molar-refractivity contribution < 1.29 is 13.1 Å². The van der Waals surface area contributed by atoms with Gasteiger partial charge in [0.2, 0.25) is 10.0 Å². The van der Waals surface area contributed by atoms with Crippen LogP contribution in [0.2, 0.25) is 6.82 Å². The summed E-state index contributed by atoms with van der Waals surface area (Å²) >= 11 is 0. The quantitative estimate of drug-likeness (QED) is 0.697. The number of hydrogen-bond acceptors (Lipinski definition) is 3. The second-order valence-electron chi connectivity index (χ2n) is 4.06. The largest absolute Gasteiger partial charge is 0.427 e. The van der Waals surface area contributed by atoms with Crippen molar-refractivity contribution in [1.82, 2.24) is 4.31 Å². The molecular weight excluding hydrogens is 225 g/mol. The Balaban J connectivity index is 2.61. The zero-order valence-electron chi connectivity index (χ0n) is 9.60. The van der Waals surface area contributed by atoms with Gasteiger partial charge in [-0.1, -0.05) is 19.0 Å². The summed E-state index contributed by atoms with van der Waals surface area (Å²) in [6, 6.07) is 5.32. The van der Waals surface area contributed by atoms with Crippen LogP contribution in [-0.2, 0) is 21.3 Å². The minimum Gasteiger partial charge on any atom is -0.427 e. The van der Waals surface area contributed by atoms with E-state index in [0.717, 1.165) is 11.0 Å². The van der Waals surface area contributed by atoms with Gasteiger partial charge in [-0.3, -0.25) is 0 Å². The van der Waals surface area contributed by atoms with Crippen LogP contribution in [0.5, 0.6) is 0 Å². The molecule has 86 valence electrons. The van der Waals surface area contributed by atoms with E-state index in [-0.39, 0.29) is 6.92 Å². The van der Waals surface area contributed by atoms with Gasteiger partial charge in [-0.15, -0.1) is 0 Å². The normalized spacial score (nSPS) is 15.6. The molecule has 0 aromatic heterocycles. The van der Waals surface area contributed by atoms with Crippen LogP contribution in [0.15, 0.2) is 23.1 Å². The minimum atomic E-state index is -3.37. The van der Waals surface area contributed by atoms with Crippen LogP contribution in [0.3, 0.4) is 0 Å². The lowest BCUT2D eigenvalue weighted by atomic mass is 9.64. The highest BCUT2D eigenvalue weighted by Crippen LogP contribution is 2.22. The first-order chi connectivity index (χ1) is 7.44. The summed E-state index contributed by atoms with van der Waals surface area (Å²) in [6.07, 6.45) is 0. The summed E-state index contributed by atoms with van der Waals surface area (Å²) in [6.45, 7) is 2.28. The van der Waals surface area contributed by atoms with Crippen LogP contribution in [0, 0.1) is 0 Å². The van der Waals surface area contributed by atoms with Crippen LogP contribution < -0.4 is 5.46 Å². The van der Waals surface area contributed by atoms with Gasteiger partial charge in [-0.05, 0) is 17.1 Å². The Kier molecular flexibility index (Phi) is 2.81. The Morgan fingerprint density at radius 3 is 2.69 bits per heavy atom. The predicted molar refractivity (Wildman–Crippen MR) is 63.4 cm³/mol. The van der Waals surface area contributed by atoms with E-state index in [2.05, 4.69) is 0 Å². The lowest BCUT2D eigenvalue weighted by molar-refractivity contribution is 0.330. The highest BCUT2D eigenvalue weighted by atomic mass is 32.2. The molecule has 1 aliphatic rings. The molecule has 1 aromatic rings. The number of sulfonamides is 1. The first-order valence-corrected chi connectivity index (χ1v) is 6.54. The van der Waals surface area contributed by atoms with E-state index >= 15 is 0 Å². The molecule has 0 atom stereocenters. The van der Waals surface area contributed by atoms with Crippen LogP contribution in [0.25, 0.3) is 0 Å². The molecule has 1 aliphatic heterocycles. The van der Waals surface area contributed by atoms with Crippen molar-refractivity contribution in [2.75, 3.05) is 14.1 Å². The van der Waals surface area contributed by atoms with Crippen molar-refractivity contribution in [2.24, 2.45) is 0 Å². The number of rotatable bonds is 2. The summed E-state index contributed by atoms with van der Waals surface area (Å²) in [5.41, 5.74) is 1.77. The second-order valence-corrected chi connectivity index (χ2v) is 6.18. The number of fused-ring (bicyclic) bond motifs is 1. The summed E-state index contributed by atoms with van der Waals surface area (Å²) in [4.78, 5) is 0.361. The zero-order valence-corrected chi connectivity index (χ0v) is 10.4. The molecule has 0 bridgehead atoms.